The standard InChI is InChI=1S/C15H21ClO2/c1-10(2)12-6-13(11(3)5-14(12)17-4)15(7-16)8-18-9-15/h5-6,10H,7-9H2,1-4H3. The van der Waals surface area contributed by atoms with Crippen LogP contribution in [0.4, 0.5) is 0 Å². The molecule has 0 radical (unpaired) electrons. The van der Waals surface area contributed by atoms with E-state index in [2.05, 4.69) is 32.9 Å². The summed E-state index contributed by atoms with van der Waals surface area (Å²) in [5.74, 6) is 2.02. The van der Waals surface area contributed by atoms with Crippen molar-refractivity contribution in [1.29, 1.82) is 0 Å². The Morgan fingerprint density at radius 2 is 2.06 bits per heavy atom. The van der Waals surface area contributed by atoms with Crippen LogP contribution in [0.15, 0.2) is 12.1 Å². The Balaban J connectivity index is 2.51. The second kappa shape index (κ2) is 5.10. The molecule has 3 heteroatoms. The molecule has 2 nitrogen and oxygen atoms in total. The molecule has 0 amide bonds. The average Bonchev–Trinajstić information content (AvgIpc) is 2.29. The minimum Gasteiger partial charge on any atom is -0.496 e. The molecule has 1 aliphatic heterocycles. The van der Waals surface area contributed by atoms with Crippen molar-refractivity contribution in [2.75, 3.05) is 26.2 Å². The summed E-state index contributed by atoms with van der Waals surface area (Å²) in [5.41, 5.74) is 3.80. The Bertz CT molecular complexity index is 431. The highest BCUT2D eigenvalue weighted by atomic mass is 35.5. The fourth-order valence-electron chi connectivity index (χ4n) is 2.55. The molecule has 1 aromatic rings. The average molecular weight is 269 g/mol. The number of benzene rings is 1. The van der Waals surface area contributed by atoms with E-state index in [1.54, 1.807) is 7.11 Å². The van der Waals surface area contributed by atoms with Crippen LogP contribution in [0.25, 0.3) is 0 Å². The maximum absolute atomic E-state index is 6.16. The first-order chi connectivity index (χ1) is 8.54. The Hall–Kier alpha value is -0.730. The van der Waals surface area contributed by atoms with Crippen LogP contribution in [0.3, 0.4) is 0 Å². The van der Waals surface area contributed by atoms with Gasteiger partial charge in [0.05, 0.1) is 25.7 Å². The summed E-state index contributed by atoms with van der Waals surface area (Å²) in [7, 11) is 1.73. The number of aryl methyl sites for hydroxylation is 1. The van der Waals surface area contributed by atoms with E-state index in [1.807, 2.05) is 0 Å². The summed E-state index contributed by atoms with van der Waals surface area (Å²) in [6, 6.07) is 4.38. The quantitative estimate of drug-likeness (QED) is 0.777. The van der Waals surface area contributed by atoms with Gasteiger partial charge in [0.1, 0.15) is 5.75 Å². The molecule has 1 fully saturated rings. The summed E-state index contributed by atoms with van der Waals surface area (Å²) < 4.78 is 10.9. The van der Waals surface area contributed by atoms with Gasteiger partial charge in [-0.3, -0.25) is 0 Å². The molecule has 1 heterocycles. The first-order valence-corrected chi connectivity index (χ1v) is 6.90. The van der Waals surface area contributed by atoms with Crippen molar-refractivity contribution in [1.82, 2.24) is 0 Å². The van der Waals surface area contributed by atoms with Crippen LogP contribution in [-0.2, 0) is 10.2 Å². The number of halogens is 1. The van der Waals surface area contributed by atoms with Crippen molar-refractivity contribution in [2.24, 2.45) is 0 Å². The third-order valence-corrected chi connectivity index (χ3v) is 4.29. The van der Waals surface area contributed by atoms with Gasteiger partial charge in [-0.2, -0.15) is 0 Å². The summed E-state index contributed by atoms with van der Waals surface area (Å²) >= 11 is 6.16. The zero-order valence-electron chi connectivity index (χ0n) is 11.5. The van der Waals surface area contributed by atoms with Gasteiger partial charge in [0.15, 0.2) is 0 Å². The van der Waals surface area contributed by atoms with Crippen molar-refractivity contribution in [3.63, 3.8) is 0 Å². The van der Waals surface area contributed by atoms with Crippen LogP contribution >= 0.6 is 11.6 Å². The van der Waals surface area contributed by atoms with Gasteiger partial charge in [0.25, 0.3) is 0 Å². The molecule has 0 aliphatic carbocycles. The van der Waals surface area contributed by atoms with Gasteiger partial charge in [-0.15, -0.1) is 11.6 Å². The zero-order valence-corrected chi connectivity index (χ0v) is 12.3. The molecular weight excluding hydrogens is 248 g/mol. The van der Waals surface area contributed by atoms with Gasteiger partial charge in [-0.1, -0.05) is 19.9 Å². The number of rotatable bonds is 4. The largest absolute Gasteiger partial charge is 0.496 e. The van der Waals surface area contributed by atoms with Crippen molar-refractivity contribution >= 4 is 11.6 Å². The predicted molar refractivity (Wildman–Crippen MR) is 75.0 cm³/mol. The van der Waals surface area contributed by atoms with Gasteiger partial charge < -0.3 is 9.47 Å². The predicted octanol–water partition coefficient (Wildman–Crippen LogP) is 3.63. The van der Waals surface area contributed by atoms with E-state index >= 15 is 0 Å². The Morgan fingerprint density at radius 1 is 1.39 bits per heavy atom. The van der Waals surface area contributed by atoms with Crippen molar-refractivity contribution in [3.05, 3.63) is 28.8 Å². The molecule has 18 heavy (non-hydrogen) atoms. The minimum atomic E-state index is 0.00154. The van der Waals surface area contributed by atoms with E-state index in [4.69, 9.17) is 21.1 Å². The Kier molecular flexibility index (Phi) is 3.88. The highest BCUT2D eigenvalue weighted by Crippen LogP contribution is 2.39. The molecule has 2 rings (SSSR count). The lowest BCUT2D eigenvalue weighted by atomic mass is 9.77. The topological polar surface area (TPSA) is 18.5 Å². The summed E-state index contributed by atoms with van der Waals surface area (Å²) in [5, 5.41) is 0. The summed E-state index contributed by atoms with van der Waals surface area (Å²) in [6.07, 6.45) is 0. The van der Waals surface area contributed by atoms with Crippen molar-refractivity contribution < 1.29 is 9.47 Å². The zero-order chi connectivity index (χ0) is 13.3. The molecule has 0 aromatic heterocycles. The van der Waals surface area contributed by atoms with Crippen LogP contribution in [-0.4, -0.2) is 26.2 Å². The SMILES string of the molecule is COc1cc(C)c(C2(CCl)COC2)cc1C(C)C. The molecule has 1 aliphatic rings. The Morgan fingerprint density at radius 3 is 2.44 bits per heavy atom. The number of methoxy groups -OCH3 is 1. The third-order valence-electron chi connectivity index (χ3n) is 3.78. The van der Waals surface area contributed by atoms with Crippen LogP contribution in [0.1, 0.15) is 36.5 Å². The normalized spacial score (nSPS) is 17.7. The molecule has 1 aromatic carbocycles. The fraction of sp³-hybridized carbons (Fsp3) is 0.600. The van der Waals surface area contributed by atoms with Gasteiger partial charge in [-0.05, 0) is 35.6 Å². The molecule has 0 spiro atoms. The second-order valence-corrected chi connectivity index (χ2v) is 5.74. The van der Waals surface area contributed by atoms with Crippen LogP contribution < -0.4 is 4.74 Å². The lowest BCUT2D eigenvalue weighted by Gasteiger charge is -2.41. The molecule has 0 saturated carbocycles. The lowest BCUT2D eigenvalue weighted by Crippen LogP contribution is -2.48. The van der Waals surface area contributed by atoms with E-state index in [1.165, 1.54) is 16.7 Å². The molecule has 0 atom stereocenters. The lowest BCUT2D eigenvalue weighted by molar-refractivity contribution is -0.0483. The van der Waals surface area contributed by atoms with E-state index < -0.39 is 0 Å². The van der Waals surface area contributed by atoms with Crippen LogP contribution in [0.5, 0.6) is 5.75 Å². The number of ether oxygens (including phenoxy) is 2. The van der Waals surface area contributed by atoms with E-state index in [0.29, 0.717) is 11.8 Å². The maximum Gasteiger partial charge on any atom is 0.122 e. The van der Waals surface area contributed by atoms with Gasteiger partial charge in [-0.25, -0.2) is 0 Å². The van der Waals surface area contributed by atoms with E-state index in [0.717, 1.165) is 19.0 Å². The maximum atomic E-state index is 6.16. The summed E-state index contributed by atoms with van der Waals surface area (Å²) in [4.78, 5) is 0. The smallest absolute Gasteiger partial charge is 0.122 e. The van der Waals surface area contributed by atoms with Gasteiger partial charge in [0, 0.05) is 5.88 Å². The van der Waals surface area contributed by atoms with Crippen molar-refractivity contribution in [2.45, 2.75) is 32.1 Å². The minimum absolute atomic E-state index is 0.00154. The highest BCUT2D eigenvalue weighted by molar-refractivity contribution is 6.18. The first-order valence-electron chi connectivity index (χ1n) is 6.37. The van der Waals surface area contributed by atoms with Gasteiger partial charge >= 0.3 is 0 Å². The van der Waals surface area contributed by atoms with E-state index in [-0.39, 0.29) is 5.41 Å². The summed E-state index contributed by atoms with van der Waals surface area (Å²) in [6.45, 7) is 7.93. The Labute approximate surface area is 114 Å². The van der Waals surface area contributed by atoms with Gasteiger partial charge in [0.2, 0.25) is 0 Å². The monoisotopic (exact) mass is 268 g/mol. The highest BCUT2D eigenvalue weighted by Gasteiger charge is 2.41. The number of hydrogen-bond acceptors (Lipinski definition) is 2. The molecular formula is C15H21ClO2. The molecule has 0 unspecified atom stereocenters. The first kappa shape index (κ1) is 13.7. The van der Waals surface area contributed by atoms with Crippen LogP contribution in [0.2, 0.25) is 0 Å². The van der Waals surface area contributed by atoms with Crippen LogP contribution in [0, 0.1) is 6.92 Å². The molecule has 100 valence electrons. The fourth-order valence-corrected chi connectivity index (χ4v) is 2.85. The molecule has 1 saturated heterocycles. The van der Waals surface area contributed by atoms with E-state index in [9.17, 15) is 0 Å². The molecule has 0 N–H and O–H groups in total. The molecule has 0 bridgehead atoms. The van der Waals surface area contributed by atoms with Crippen molar-refractivity contribution in [3.8, 4) is 5.75 Å². The number of hydrogen-bond donors (Lipinski definition) is 0. The third kappa shape index (κ3) is 2.12. The second-order valence-electron chi connectivity index (χ2n) is 5.47. The number of alkyl halides is 1.